The largest absolute Gasteiger partial charge is 0.497 e. The molecule has 2 N–H and O–H groups in total. The summed E-state index contributed by atoms with van der Waals surface area (Å²) < 4.78 is 10.3. The second-order valence-corrected chi connectivity index (χ2v) is 6.89. The molecule has 3 rings (SSSR count). The van der Waals surface area contributed by atoms with E-state index < -0.39 is 5.25 Å². The highest BCUT2D eigenvalue weighted by atomic mass is 32.2. The number of carbonyl (C=O) groups excluding carboxylic acids is 2. The van der Waals surface area contributed by atoms with Crippen LogP contribution in [0.15, 0.2) is 53.5 Å². The van der Waals surface area contributed by atoms with Crippen LogP contribution in [0.1, 0.15) is 6.42 Å². The van der Waals surface area contributed by atoms with Crippen LogP contribution in [-0.2, 0) is 9.59 Å². The van der Waals surface area contributed by atoms with Gasteiger partial charge in [-0.25, -0.2) is 4.99 Å². The summed E-state index contributed by atoms with van der Waals surface area (Å²) in [5.41, 5.74) is 1.28. The number of rotatable bonds is 6. The van der Waals surface area contributed by atoms with Gasteiger partial charge in [-0.15, -0.1) is 0 Å². The van der Waals surface area contributed by atoms with Crippen LogP contribution < -0.4 is 20.1 Å². The van der Waals surface area contributed by atoms with Crippen LogP contribution in [0.3, 0.4) is 0 Å². The Kier molecular flexibility index (Phi) is 5.97. The highest BCUT2D eigenvalue weighted by Gasteiger charge is 2.32. The summed E-state index contributed by atoms with van der Waals surface area (Å²) in [6, 6.07) is 14.3. The van der Waals surface area contributed by atoms with Crippen LogP contribution in [0.2, 0.25) is 0 Å². The summed E-state index contributed by atoms with van der Waals surface area (Å²) in [5.74, 6) is 0.842. The summed E-state index contributed by atoms with van der Waals surface area (Å²) in [7, 11) is 3.14. The van der Waals surface area contributed by atoms with E-state index >= 15 is 0 Å². The Hall–Kier alpha value is -3.00. The van der Waals surface area contributed by atoms with Crippen molar-refractivity contribution in [1.82, 2.24) is 5.32 Å². The normalized spacial score (nSPS) is 17.5. The number of thioether (sulfide) groups is 1. The maximum atomic E-state index is 12.3. The summed E-state index contributed by atoms with van der Waals surface area (Å²) in [4.78, 5) is 28.8. The molecular formula is C19H19N3O4S. The lowest BCUT2D eigenvalue weighted by molar-refractivity contribution is -0.122. The zero-order chi connectivity index (χ0) is 19.2. The first-order valence-electron chi connectivity index (χ1n) is 8.21. The topological polar surface area (TPSA) is 89.0 Å². The Morgan fingerprint density at radius 1 is 1.15 bits per heavy atom. The molecule has 1 fully saturated rings. The van der Waals surface area contributed by atoms with E-state index in [9.17, 15) is 9.59 Å². The molecule has 0 aromatic heterocycles. The molecule has 1 aliphatic heterocycles. The molecule has 7 nitrogen and oxygen atoms in total. The van der Waals surface area contributed by atoms with Crippen LogP contribution in [0.25, 0.3) is 0 Å². The summed E-state index contributed by atoms with van der Waals surface area (Å²) in [5, 5.41) is 5.42. The standard InChI is InChI=1S/C19H19N3O4S/c1-25-14-7-3-5-12(9-14)20-17(23)11-16-18(24)22-19(27-16)21-13-6-4-8-15(10-13)26-2/h3-10,16H,11H2,1-2H3,(H,20,23)(H,21,22,24)/t16-/m0/s1. The maximum Gasteiger partial charge on any atom is 0.240 e. The minimum Gasteiger partial charge on any atom is -0.497 e. The Morgan fingerprint density at radius 3 is 2.59 bits per heavy atom. The Balaban J connectivity index is 1.61. The third-order valence-electron chi connectivity index (χ3n) is 3.78. The predicted octanol–water partition coefficient (Wildman–Crippen LogP) is 2.95. The zero-order valence-corrected chi connectivity index (χ0v) is 15.7. The van der Waals surface area contributed by atoms with E-state index in [1.807, 2.05) is 18.2 Å². The molecule has 8 heteroatoms. The highest BCUT2D eigenvalue weighted by Crippen LogP contribution is 2.27. The van der Waals surface area contributed by atoms with Crippen molar-refractivity contribution in [2.75, 3.05) is 19.5 Å². The molecule has 27 heavy (non-hydrogen) atoms. The zero-order valence-electron chi connectivity index (χ0n) is 14.9. The smallest absolute Gasteiger partial charge is 0.240 e. The Bertz CT molecular complexity index is 885. The number of hydrogen-bond acceptors (Lipinski definition) is 6. The van der Waals surface area contributed by atoms with Gasteiger partial charge in [0.25, 0.3) is 0 Å². The molecular weight excluding hydrogens is 366 g/mol. The third kappa shape index (κ3) is 5.01. The molecule has 0 aliphatic carbocycles. The predicted molar refractivity (Wildman–Crippen MR) is 106 cm³/mol. The molecule has 1 saturated heterocycles. The lowest BCUT2D eigenvalue weighted by Gasteiger charge is -2.08. The van der Waals surface area contributed by atoms with Crippen LogP contribution in [0, 0.1) is 0 Å². The monoisotopic (exact) mass is 385 g/mol. The SMILES string of the molecule is COc1cccc(N=C2NC(=O)[C@H](CC(=O)Nc3cccc(OC)c3)S2)c1. The number of aliphatic imine (C=N–C) groups is 1. The second-order valence-electron chi connectivity index (χ2n) is 5.70. The summed E-state index contributed by atoms with van der Waals surface area (Å²) in [6.07, 6.45) is 0.0465. The maximum absolute atomic E-state index is 12.3. The number of nitrogens with zero attached hydrogens (tertiary/aromatic N) is 1. The number of amidine groups is 1. The number of benzene rings is 2. The number of nitrogens with one attached hydrogen (secondary N) is 2. The van der Waals surface area contributed by atoms with Crippen molar-refractivity contribution in [1.29, 1.82) is 0 Å². The molecule has 0 bridgehead atoms. The van der Waals surface area contributed by atoms with Gasteiger partial charge in [0.2, 0.25) is 11.8 Å². The summed E-state index contributed by atoms with van der Waals surface area (Å²) in [6.45, 7) is 0. The van der Waals surface area contributed by atoms with Gasteiger partial charge in [-0.05, 0) is 24.3 Å². The molecule has 2 amide bonds. The van der Waals surface area contributed by atoms with E-state index in [0.29, 0.717) is 28.0 Å². The molecule has 1 heterocycles. The van der Waals surface area contributed by atoms with E-state index in [1.165, 1.54) is 11.8 Å². The minimum absolute atomic E-state index is 0.0465. The molecule has 140 valence electrons. The van der Waals surface area contributed by atoms with Gasteiger partial charge >= 0.3 is 0 Å². The van der Waals surface area contributed by atoms with Gasteiger partial charge in [0.15, 0.2) is 5.17 Å². The van der Waals surface area contributed by atoms with E-state index in [0.717, 1.165) is 0 Å². The van der Waals surface area contributed by atoms with Crippen LogP contribution >= 0.6 is 11.8 Å². The molecule has 0 spiro atoms. The van der Waals surface area contributed by atoms with Crippen molar-refractivity contribution >= 4 is 40.1 Å². The third-order valence-corrected chi connectivity index (χ3v) is 4.87. The molecule has 1 atom stereocenters. The Morgan fingerprint density at radius 2 is 1.85 bits per heavy atom. The number of amides is 2. The van der Waals surface area contributed by atoms with Crippen molar-refractivity contribution in [2.24, 2.45) is 4.99 Å². The molecule has 2 aromatic rings. The number of carbonyl (C=O) groups is 2. The van der Waals surface area contributed by atoms with Crippen molar-refractivity contribution in [3.8, 4) is 11.5 Å². The van der Waals surface area contributed by atoms with Crippen molar-refractivity contribution in [3.63, 3.8) is 0 Å². The number of hydrogen-bond donors (Lipinski definition) is 2. The van der Waals surface area contributed by atoms with Crippen molar-refractivity contribution in [3.05, 3.63) is 48.5 Å². The van der Waals surface area contributed by atoms with Crippen LogP contribution in [0.5, 0.6) is 11.5 Å². The fourth-order valence-electron chi connectivity index (χ4n) is 2.47. The number of anilines is 1. The second kappa shape index (κ2) is 8.59. The molecule has 1 aliphatic rings. The van der Waals surface area contributed by atoms with Gasteiger partial charge in [0.1, 0.15) is 16.7 Å². The molecule has 0 unspecified atom stereocenters. The fraction of sp³-hybridized carbons (Fsp3) is 0.211. The average molecular weight is 385 g/mol. The van der Waals surface area contributed by atoms with Crippen LogP contribution in [-0.4, -0.2) is 36.5 Å². The summed E-state index contributed by atoms with van der Waals surface area (Å²) >= 11 is 1.24. The van der Waals surface area contributed by atoms with Crippen LogP contribution in [0.4, 0.5) is 11.4 Å². The molecule has 0 radical (unpaired) electrons. The van der Waals surface area contributed by atoms with E-state index in [4.69, 9.17) is 9.47 Å². The first kappa shape index (κ1) is 18.8. The lowest BCUT2D eigenvalue weighted by atomic mass is 10.2. The van der Waals surface area contributed by atoms with Crippen molar-refractivity contribution in [2.45, 2.75) is 11.7 Å². The first-order valence-corrected chi connectivity index (χ1v) is 9.09. The van der Waals surface area contributed by atoms with Gasteiger partial charge in [0.05, 0.1) is 19.9 Å². The average Bonchev–Trinajstić information content (AvgIpc) is 3.00. The Labute approximate surface area is 161 Å². The lowest BCUT2D eigenvalue weighted by Crippen LogP contribution is -2.28. The van der Waals surface area contributed by atoms with Crippen molar-refractivity contribution < 1.29 is 19.1 Å². The van der Waals surface area contributed by atoms with Gasteiger partial charge < -0.3 is 20.1 Å². The number of ether oxygens (including phenoxy) is 2. The van der Waals surface area contributed by atoms with E-state index in [-0.39, 0.29) is 18.2 Å². The minimum atomic E-state index is -0.528. The quantitative estimate of drug-likeness (QED) is 0.798. The first-order chi connectivity index (χ1) is 13.1. The number of methoxy groups -OCH3 is 2. The van der Waals surface area contributed by atoms with Gasteiger partial charge in [0, 0.05) is 24.2 Å². The van der Waals surface area contributed by atoms with Gasteiger partial charge in [-0.1, -0.05) is 23.9 Å². The van der Waals surface area contributed by atoms with E-state index in [1.54, 1.807) is 44.6 Å². The molecule has 0 saturated carbocycles. The van der Waals surface area contributed by atoms with Gasteiger partial charge in [-0.3, -0.25) is 9.59 Å². The molecule has 2 aromatic carbocycles. The highest BCUT2D eigenvalue weighted by molar-refractivity contribution is 8.15. The fourth-order valence-corrected chi connectivity index (χ4v) is 3.46. The van der Waals surface area contributed by atoms with Gasteiger partial charge in [-0.2, -0.15) is 0 Å². The van der Waals surface area contributed by atoms with E-state index in [2.05, 4.69) is 15.6 Å².